The molecule has 248 valence electrons. The molecule has 2 N–H and O–H groups in total. The largest absolute Gasteiger partial charge is 0.417 e. The molecule has 0 aromatic heterocycles. The molecule has 0 fully saturated rings. The third kappa shape index (κ3) is 11.9. The van der Waals surface area contributed by atoms with Crippen LogP contribution in [0.15, 0.2) is 97.1 Å². The van der Waals surface area contributed by atoms with Crippen LogP contribution in [0.1, 0.15) is 100 Å². The molecule has 0 heterocycles. The van der Waals surface area contributed by atoms with Gasteiger partial charge in [0.05, 0.1) is 0 Å². The van der Waals surface area contributed by atoms with Gasteiger partial charge in [0.1, 0.15) is 11.5 Å². The lowest BCUT2D eigenvalue weighted by Crippen LogP contribution is -2.19. The van der Waals surface area contributed by atoms with Crippen molar-refractivity contribution in [3.63, 3.8) is 0 Å². The SMILES string of the molecule is CCCCCCCc1ccccc1OC(=O)Nc1ccccc1Cc1ccccc1NC(=O)Oc1ccccc1CCCCCCC. The third-order valence-corrected chi connectivity index (χ3v) is 8.34. The van der Waals surface area contributed by atoms with Crippen molar-refractivity contribution in [2.45, 2.75) is 97.3 Å². The molecule has 0 radical (unpaired) electrons. The standard InChI is InChI=1S/C41H50N2O4/c1-3-5-7-9-11-21-32-23-15-19-29-38(32)46-40(44)42-36-27-17-13-25-34(36)31-35-26-14-18-28-37(35)43-41(45)47-39-30-20-16-24-33(39)22-12-10-8-6-4-2/h13-20,23-30H,3-12,21-22,31H2,1-2H3,(H,42,44)(H,43,45). The van der Waals surface area contributed by atoms with Gasteiger partial charge in [0.2, 0.25) is 0 Å². The van der Waals surface area contributed by atoms with Crippen LogP contribution in [-0.4, -0.2) is 12.2 Å². The number of aryl methyl sites for hydroxylation is 2. The van der Waals surface area contributed by atoms with Crippen LogP contribution in [0, 0.1) is 0 Å². The van der Waals surface area contributed by atoms with E-state index in [4.69, 9.17) is 9.47 Å². The number of anilines is 2. The molecule has 4 aromatic carbocycles. The van der Waals surface area contributed by atoms with Gasteiger partial charge in [0, 0.05) is 17.8 Å². The lowest BCUT2D eigenvalue weighted by molar-refractivity contribution is 0.213. The third-order valence-electron chi connectivity index (χ3n) is 8.34. The van der Waals surface area contributed by atoms with E-state index in [1.165, 1.54) is 51.4 Å². The van der Waals surface area contributed by atoms with E-state index < -0.39 is 12.2 Å². The molecule has 6 nitrogen and oxygen atoms in total. The fourth-order valence-corrected chi connectivity index (χ4v) is 5.73. The van der Waals surface area contributed by atoms with Crippen LogP contribution < -0.4 is 20.1 Å². The van der Waals surface area contributed by atoms with Crippen molar-refractivity contribution in [1.29, 1.82) is 0 Å². The zero-order chi connectivity index (χ0) is 33.1. The Morgan fingerprint density at radius 2 is 0.830 bits per heavy atom. The quantitative estimate of drug-likeness (QED) is 0.107. The number of nitrogens with one attached hydrogen (secondary N) is 2. The molecule has 0 unspecified atom stereocenters. The highest BCUT2D eigenvalue weighted by molar-refractivity contribution is 5.89. The summed E-state index contributed by atoms with van der Waals surface area (Å²) in [6.07, 6.45) is 13.0. The lowest BCUT2D eigenvalue weighted by Gasteiger charge is -2.16. The molecule has 0 saturated heterocycles. The Balaban J connectivity index is 1.37. The molecule has 0 atom stereocenters. The second-order valence-electron chi connectivity index (χ2n) is 12.1. The number of ether oxygens (including phenoxy) is 2. The van der Waals surface area contributed by atoms with Gasteiger partial charge < -0.3 is 9.47 Å². The predicted molar refractivity (Wildman–Crippen MR) is 193 cm³/mol. The number of benzene rings is 4. The number of para-hydroxylation sites is 4. The highest BCUT2D eigenvalue weighted by atomic mass is 16.6. The van der Waals surface area contributed by atoms with Gasteiger partial charge in [-0.05, 0) is 72.2 Å². The highest BCUT2D eigenvalue weighted by Crippen LogP contribution is 2.27. The van der Waals surface area contributed by atoms with E-state index in [0.29, 0.717) is 29.3 Å². The monoisotopic (exact) mass is 634 g/mol. The molecular weight excluding hydrogens is 584 g/mol. The van der Waals surface area contributed by atoms with E-state index >= 15 is 0 Å². The van der Waals surface area contributed by atoms with Gasteiger partial charge in [0.25, 0.3) is 0 Å². The Morgan fingerprint density at radius 1 is 0.468 bits per heavy atom. The zero-order valence-corrected chi connectivity index (χ0v) is 28.1. The fraction of sp³-hybridized carbons (Fsp3) is 0.366. The Bertz CT molecular complexity index is 1430. The Labute approximate surface area is 280 Å². The summed E-state index contributed by atoms with van der Waals surface area (Å²) in [4.78, 5) is 26.1. The lowest BCUT2D eigenvalue weighted by atomic mass is 10.0. The van der Waals surface area contributed by atoms with E-state index in [2.05, 4.69) is 24.5 Å². The number of unbranched alkanes of at least 4 members (excludes halogenated alkanes) is 8. The van der Waals surface area contributed by atoms with Crippen LogP contribution in [0.5, 0.6) is 11.5 Å². The van der Waals surface area contributed by atoms with Crippen molar-refractivity contribution in [3.8, 4) is 11.5 Å². The summed E-state index contributed by atoms with van der Waals surface area (Å²) in [6.45, 7) is 4.42. The summed E-state index contributed by atoms with van der Waals surface area (Å²) >= 11 is 0. The first kappa shape index (κ1) is 35.3. The molecule has 4 rings (SSSR count). The summed E-state index contributed by atoms with van der Waals surface area (Å²) in [5.74, 6) is 1.17. The molecule has 6 heteroatoms. The second kappa shape index (κ2) is 19.8. The van der Waals surface area contributed by atoms with E-state index in [1.807, 2.05) is 97.1 Å². The van der Waals surface area contributed by atoms with Gasteiger partial charge in [-0.1, -0.05) is 138 Å². The first-order valence-electron chi connectivity index (χ1n) is 17.4. The summed E-state index contributed by atoms with van der Waals surface area (Å²) in [7, 11) is 0. The minimum Gasteiger partial charge on any atom is -0.410 e. The molecule has 0 bridgehead atoms. The number of carbonyl (C=O) groups excluding carboxylic acids is 2. The van der Waals surface area contributed by atoms with Gasteiger partial charge in [0.15, 0.2) is 0 Å². The first-order valence-corrected chi connectivity index (χ1v) is 17.4. The van der Waals surface area contributed by atoms with E-state index in [0.717, 1.165) is 47.9 Å². The molecule has 0 saturated carbocycles. The summed E-state index contributed by atoms with van der Waals surface area (Å²) < 4.78 is 11.6. The molecule has 47 heavy (non-hydrogen) atoms. The topological polar surface area (TPSA) is 76.7 Å². The van der Waals surface area contributed by atoms with Gasteiger partial charge in [-0.2, -0.15) is 0 Å². The number of hydrogen-bond acceptors (Lipinski definition) is 4. The van der Waals surface area contributed by atoms with Crippen LogP contribution >= 0.6 is 0 Å². The van der Waals surface area contributed by atoms with Crippen LogP contribution in [0.2, 0.25) is 0 Å². The summed E-state index contributed by atoms with van der Waals surface area (Å²) in [5.41, 5.74) is 5.16. The van der Waals surface area contributed by atoms with Crippen molar-refractivity contribution >= 4 is 23.6 Å². The normalized spacial score (nSPS) is 10.8. The first-order chi connectivity index (χ1) is 23.1. The van der Waals surface area contributed by atoms with Gasteiger partial charge >= 0.3 is 12.2 Å². The van der Waals surface area contributed by atoms with Crippen LogP contribution in [0.3, 0.4) is 0 Å². The maximum Gasteiger partial charge on any atom is 0.417 e. The number of amides is 2. The maximum atomic E-state index is 13.1. The van der Waals surface area contributed by atoms with Crippen LogP contribution in [0.25, 0.3) is 0 Å². The molecule has 0 spiro atoms. The smallest absolute Gasteiger partial charge is 0.410 e. The average Bonchev–Trinajstić information content (AvgIpc) is 3.07. The maximum absolute atomic E-state index is 13.1. The predicted octanol–water partition coefficient (Wildman–Crippen LogP) is 11.5. The van der Waals surface area contributed by atoms with Crippen molar-refractivity contribution in [2.75, 3.05) is 10.6 Å². The van der Waals surface area contributed by atoms with Crippen molar-refractivity contribution in [1.82, 2.24) is 0 Å². The minimum atomic E-state index is -0.533. The van der Waals surface area contributed by atoms with Gasteiger partial charge in [-0.3, -0.25) is 10.6 Å². The van der Waals surface area contributed by atoms with Crippen molar-refractivity contribution in [3.05, 3.63) is 119 Å². The molecule has 0 aliphatic heterocycles. The second-order valence-corrected chi connectivity index (χ2v) is 12.1. The Kier molecular flexibility index (Phi) is 14.9. The van der Waals surface area contributed by atoms with E-state index in [9.17, 15) is 9.59 Å². The van der Waals surface area contributed by atoms with Crippen LogP contribution in [-0.2, 0) is 19.3 Å². The van der Waals surface area contributed by atoms with E-state index in [1.54, 1.807) is 0 Å². The van der Waals surface area contributed by atoms with Gasteiger partial charge in [-0.25, -0.2) is 9.59 Å². The van der Waals surface area contributed by atoms with Crippen molar-refractivity contribution < 1.29 is 19.1 Å². The molecular formula is C41H50N2O4. The molecule has 2 amide bonds. The Morgan fingerprint density at radius 3 is 1.26 bits per heavy atom. The zero-order valence-electron chi connectivity index (χ0n) is 28.1. The summed E-state index contributed by atoms with van der Waals surface area (Å²) in [5, 5.41) is 5.89. The Hall–Kier alpha value is -4.58. The summed E-state index contributed by atoms with van der Waals surface area (Å²) in [6, 6.07) is 30.8. The van der Waals surface area contributed by atoms with Crippen molar-refractivity contribution in [2.24, 2.45) is 0 Å². The number of rotatable bonds is 18. The highest BCUT2D eigenvalue weighted by Gasteiger charge is 2.15. The van der Waals surface area contributed by atoms with Crippen LogP contribution in [0.4, 0.5) is 21.0 Å². The minimum absolute atomic E-state index is 0.482. The molecule has 0 aliphatic carbocycles. The average molecular weight is 635 g/mol. The fourth-order valence-electron chi connectivity index (χ4n) is 5.73. The van der Waals surface area contributed by atoms with E-state index in [-0.39, 0.29) is 0 Å². The number of carbonyl (C=O) groups is 2. The number of hydrogen-bond donors (Lipinski definition) is 2. The molecule has 0 aliphatic rings. The van der Waals surface area contributed by atoms with Gasteiger partial charge in [-0.15, -0.1) is 0 Å². The molecule has 4 aromatic rings.